The summed E-state index contributed by atoms with van der Waals surface area (Å²) in [6.45, 7) is 5.62. The number of aromatic nitrogens is 3. The van der Waals surface area contributed by atoms with Gasteiger partial charge in [-0.15, -0.1) is 0 Å². The van der Waals surface area contributed by atoms with Crippen molar-refractivity contribution in [3.8, 4) is 0 Å². The highest BCUT2D eigenvalue weighted by atomic mass is 15.3. The summed E-state index contributed by atoms with van der Waals surface area (Å²) in [5, 5.41) is 4.37. The molecule has 2 heterocycles. The van der Waals surface area contributed by atoms with E-state index in [9.17, 15) is 0 Å². The maximum absolute atomic E-state index is 5.68. The summed E-state index contributed by atoms with van der Waals surface area (Å²) in [7, 11) is 0. The Bertz CT molecular complexity index is 424. The second-order valence-electron chi connectivity index (χ2n) is 3.12. The number of nitrogens with two attached hydrogens (primary N) is 1. The molecule has 2 aromatic heterocycles. The fraction of sp³-hybridized carbons (Fsp3) is 0.444. The van der Waals surface area contributed by atoms with Crippen molar-refractivity contribution in [1.29, 1.82) is 0 Å². The molecule has 4 heteroatoms. The summed E-state index contributed by atoms with van der Waals surface area (Å²) >= 11 is 0. The van der Waals surface area contributed by atoms with Gasteiger partial charge in [-0.2, -0.15) is 5.10 Å². The lowest BCUT2D eigenvalue weighted by atomic mass is 10.2. The van der Waals surface area contributed by atoms with Crippen molar-refractivity contribution < 1.29 is 0 Å². The number of nitrogens with zero attached hydrogens (tertiary/aromatic N) is 3. The highest BCUT2D eigenvalue weighted by Gasteiger charge is 2.10. The summed E-state index contributed by atoms with van der Waals surface area (Å²) in [5.41, 5.74) is 8.98. The third-order valence-corrected chi connectivity index (χ3v) is 2.39. The zero-order chi connectivity index (χ0) is 9.42. The lowest BCUT2D eigenvalue weighted by Gasteiger charge is -1.99. The lowest BCUT2D eigenvalue weighted by molar-refractivity contribution is 0.784. The Morgan fingerprint density at radius 3 is 2.85 bits per heavy atom. The Hall–Kier alpha value is -1.29. The molecule has 2 aromatic rings. The van der Waals surface area contributed by atoms with E-state index >= 15 is 0 Å². The van der Waals surface area contributed by atoms with E-state index in [1.54, 1.807) is 0 Å². The van der Waals surface area contributed by atoms with Gasteiger partial charge in [-0.3, -0.25) is 0 Å². The van der Waals surface area contributed by atoms with Gasteiger partial charge in [0.15, 0.2) is 0 Å². The fourth-order valence-electron chi connectivity index (χ4n) is 1.69. The SMILES string of the molecule is CCn1ccn2nc(C)c(CN)c12. The Kier molecular flexibility index (Phi) is 1.84. The molecule has 70 valence electrons. The normalized spacial score (nSPS) is 11.3. The minimum absolute atomic E-state index is 0.555. The van der Waals surface area contributed by atoms with Gasteiger partial charge in [-0.05, 0) is 13.8 Å². The molecule has 0 unspecified atom stereocenters. The minimum atomic E-state index is 0.555. The summed E-state index contributed by atoms with van der Waals surface area (Å²) in [6, 6.07) is 0. The van der Waals surface area contributed by atoms with Crippen LogP contribution >= 0.6 is 0 Å². The summed E-state index contributed by atoms with van der Waals surface area (Å²) in [4.78, 5) is 0. The minimum Gasteiger partial charge on any atom is -0.331 e. The number of fused-ring (bicyclic) bond motifs is 1. The second kappa shape index (κ2) is 2.88. The Morgan fingerprint density at radius 2 is 2.23 bits per heavy atom. The van der Waals surface area contributed by atoms with Crippen molar-refractivity contribution >= 4 is 5.65 Å². The molecular weight excluding hydrogens is 164 g/mol. The van der Waals surface area contributed by atoms with E-state index in [2.05, 4.69) is 16.6 Å². The van der Waals surface area contributed by atoms with Gasteiger partial charge in [0.1, 0.15) is 5.65 Å². The van der Waals surface area contributed by atoms with Gasteiger partial charge < -0.3 is 10.3 Å². The molecule has 0 aliphatic rings. The van der Waals surface area contributed by atoms with Gasteiger partial charge in [0.25, 0.3) is 0 Å². The number of hydrogen-bond donors (Lipinski definition) is 1. The van der Waals surface area contributed by atoms with Crippen LogP contribution in [-0.2, 0) is 13.1 Å². The Morgan fingerprint density at radius 1 is 1.46 bits per heavy atom. The first-order valence-electron chi connectivity index (χ1n) is 4.51. The van der Waals surface area contributed by atoms with Crippen molar-refractivity contribution in [1.82, 2.24) is 14.2 Å². The van der Waals surface area contributed by atoms with Gasteiger partial charge in [0.2, 0.25) is 0 Å². The molecule has 0 aliphatic heterocycles. The molecule has 0 aromatic carbocycles. The van der Waals surface area contributed by atoms with E-state index in [-0.39, 0.29) is 0 Å². The topological polar surface area (TPSA) is 48.2 Å². The predicted molar refractivity (Wildman–Crippen MR) is 51.5 cm³/mol. The van der Waals surface area contributed by atoms with Crippen LogP contribution < -0.4 is 5.73 Å². The number of hydrogen-bond acceptors (Lipinski definition) is 2. The van der Waals surface area contributed by atoms with E-state index in [1.165, 1.54) is 0 Å². The predicted octanol–water partition coefficient (Wildman–Crippen LogP) is 0.923. The van der Waals surface area contributed by atoms with Crippen LogP contribution in [0.4, 0.5) is 0 Å². The molecule has 0 spiro atoms. The molecule has 0 bridgehead atoms. The second-order valence-corrected chi connectivity index (χ2v) is 3.12. The number of aryl methyl sites for hydroxylation is 2. The van der Waals surface area contributed by atoms with Crippen LogP contribution in [0.3, 0.4) is 0 Å². The smallest absolute Gasteiger partial charge is 0.140 e. The van der Waals surface area contributed by atoms with E-state index in [4.69, 9.17) is 5.73 Å². The van der Waals surface area contributed by atoms with Gasteiger partial charge in [-0.1, -0.05) is 0 Å². The molecule has 4 nitrogen and oxygen atoms in total. The maximum Gasteiger partial charge on any atom is 0.140 e. The molecule has 0 amide bonds. The maximum atomic E-state index is 5.68. The molecule has 0 fully saturated rings. The highest BCUT2D eigenvalue weighted by Crippen LogP contribution is 2.15. The van der Waals surface area contributed by atoms with Crippen LogP contribution in [0.25, 0.3) is 5.65 Å². The first-order chi connectivity index (χ1) is 6.27. The Labute approximate surface area is 77.0 Å². The first kappa shape index (κ1) is 8.31. The Balaban J connectivity index is 2.76. The first-order valence-corrected chi connectivity index (χ1v) is 4.51. The summed E-state index contributed by atoms with van der Waals surface area (Å²) in [5.74, 6) is 0. The van der Waals surface area contributed by atoms with Crippen molar-refractivity contribution in [2.24, 2.45) is 5.73 Å². The van der Waals surface area contributed by atoms with E-state index in [0.717, 1.165) is 23.4 Å². The fourth-order valence-corrected chi connectivity index (χ4v) is 1.69. The zero-order valence-electron chi connectivity index (χ0n) is 7.99. The summed E-state index contributed by atoms with van der Waals surface area (Å²) < 4.78 is 4.04. The van der Waals surface area contributed by atoms with Crippen LogP contribution in [0, 0.1) is 6.92 Å². The monoisotopic (exact) mass is 178 g/mol. The molecule has 0 saturated heterocycles. The van der Waals surface area contributed by atoms with Gasteiger partial charge in [0, 0.05) is 31.0 Å². The van der Waals surface area contributed by atoms with Crippen LogP contribution in [0.2, 0.25) is 0 Å². The quantitative estimate of drug-likeness (QED) is 0.743. The average Bonchev–Trinajstić information content (AvgIpc) is 2.62. The molecule has 0 aliphatic carbocycles. The van der Waals surface area contributed by atoms with Crippen molar-refractivity contribution in [2.45, 2.75) is 26.9 Å². The molecule has 13 heavy (non-hydrogen) atoms. The third kappa shape index (κ3) is 1.06. The lowest BCUT2D eigenvalue weighted by Crippen LogP contribution is -2.01. The van der Waals surface area contributed by atoms with Gasteiger partial charge >= 0.3 is 0 Å². The summed E-state index contributed by atoms with van der Waals surface area (Å²) in [6.07, 6.45) is 3.99. The molecule has 2 N–H and O–H groups in total. The van der Waals surface area contributed by atoms with Crippen molar-refractivity contribution in [3.63, 3.8) is 0 Å². The molecule has 2 rings (SSSR count). The van der Waals surface area contributed by atoms with Crippen LogP contribution in [0.15, 0.2) is 12.4 Å². The van der Waals surface area contributed by atoms with E-state index in [1.807, 2.05) is 23.8 Å². The van der Waals surface area contributed by atoms with Crippen molar-refractivity contribution in [3.05, 3.63) is 23.7 Å². The largest absolute Gasteiger partial charge is 0.331 e. The van der Waals surface area contributed by atoms with Crippen LogP contribution in [-0.4, -0.2) is 14.2 Å². The molecule has 0 atom stereocenters. The average molecular weight is 178 g/mol. The van der Waals surface area contributed by atoms with Gasteiger partial charge in [-0.25, -0.2) is 4.52 Å². The van der Waals surface area contributed by atoms with Crippen LogP contribution in [0.5, 0.6) is 0 Å². The standard InChI is InChI=1S/C9H14N4/c1-3-12-4-5-13-9(12)8(6-10)7(2)11-13/h4-5H,3,6,10H2,1-2H3. The zero-order valence-corrected chi connectivity index (χ0v) is 7.99. The van der Waals surface area contributed by atoms with Crippen LogP contribution in [0.1, 0.15) is 18.2 Å². The molecule has 0 saturated carbocycles. The number of rotatable bonds is 2. The van der Waals surface area contributed by atoms with E-state index < -0.39 is 0 Å². The highest BCUT2D eigenvalue weighted by molar-refractivity contribution is 5.51. The molecule has 0 radical (unpaired) electrons. The van der Waals surface area contributed by atoms with E-state index in [0.29, 0.717) is 6.54 Å². The van der Waals surface area contributed by atoms with Crippen molar-refractivity contribution in [2.75, 3.05) is 0 Å². The van der Waals surface area contributed by atoms with Gasteiger partial charge in [0.05, 0.1) is 5.69 Å². The molecular formula is C9H14N4. The third-order valence-electron chi connectivity index (χ3n) is 2.39. The number of imidazole rings is 1.